The van der Waals surface area contributed by atoms with Crippen molar-refractivity contribution >= 4 is 0 Å². The monoisotopic (exact) mass is 129 g/mol. The summed E-state index contributed by atoms with van der Waals surface area (Å²) < 4.78 is 5.26. The first kappa shape index (κ1) is 7.03. The second kappa shape index (κ2) is 2.67. The molecule has 1 heterocycles. The van der Waals surface area contributed by atoms with Gasteiger partial charge in [-0.3, -0.25) is 0 Å². The first-order valence-corrected chi connectivity index (χ1v) is 3.55. The summed E-state index contributed by atoms with van der Waals surface area (Å²) in [5.74, 6) is 0. The maximum atomic E-state index is 5.44. The van der Waals surface area contributed by atoms with Gasteiger partial charge in [-0.05, 0) is 24.8 Å². The van der Waals surface area contributed by atoms with Crippen LogP contribution in [0.2, 0.25) is 0 Å². The third-order valence-electron chi connectivity index (χ3n) is 2.05. The molecule has 1 aliphatic heterocycles. The van der Waals surface area contributed by atoms with Gasteiger partial charge in [-0.2, -0.15) is 0 Å². The number of hydrogen-bond donors (Lipinski definition) is 1. The van der Waals surface area contributed by atoms with Crippen molar-refractivity contribution in [1.82, 2.24) is 0 Å². The fourth-order valence-electron chi connectivity index (χ4n) is 1.25. The molecule has 1 rings (SSSR count). The largest absolute Gasteiger partial charge is 0.381 e. The zero-order valence-electron chi connectivity index (χ0n) is 6.02. The standard InChI is InChI=1S/C7H15NO/c1-7(2-4-8)3-5-9-6-7/h2-6,8H2,1H3. The van der Waals surface area contributed by atoms with Gasteiger partial charge in [0.1, 0.15) is 0 Å². The fraction of sp³-hybridized carbons (Fsp3) is 1.00. The Bertz CT molecular complexity index is 86.9. The SMILES string of the molecule is CC1(CCN)CCOC1. The van der Waals surface area contributed by atoms with E-state index in [9.17, 15) is 0 Å². The van der Waals surface area contributed by atoms with Crippen LogP contribution in [0, 0.1) is 5.41 Å². The highest BCUT2D eigenvalue weighted by Crippen LogP contribution is 2.30. The molecule has 54 valence electrons. The van der Waals surface area contributed by atoms with E-state index >= 15 is 0 Å². The van der Waals surface area contributed by atoms with E-state index < -0.39 is 0 Å². The third-order valence-corrected chi connectivity index (χ3v) is 2.05. The second-order valence-electron chi connectivity index (χ2n) is 3.15. The molecule has 0 radical (unpaired) electrons. The molecule has 1 atom stereocenters. The van der Waals surface area contributed by atoms with Crippen molar-refractivity contribution < 1.29 is 4.74 Å². The minimum absolute atomic E-state index is 0.398. The van der Waals surface area contributed by atoms with Crippen molar-refractivity contribution in [1.29, 1.82) is 0 Å². The minimum Gasteiger partial charge on any atom is -0.381 e. The summed E-state index contributed by atoms with van der Waals surface area (Å²) in [6.45, 7) is 4.87. The molecule has 1 fully saturated rings. The van der Waals surface area contributed by atoms with Crippen LogP contribution in [0.1, 0.15) is 19.8 Å². The highest BCUT2D eigenvalue weighted by Gasteiger charge is 2.28. The van der Waals surface area contributed by atoms with Gasteiger partial charge in [0, 0.05) is 6.61 Å². The van der Waals surface area contributed by atoms with Crippen molar-refractivity contribution in [3.63, 3.8) is 0 Å². The first-order valence-electron chi connectivity index (χ1n) is 3.55. The molecule has 9 heavy (non-hydrogen) atoms. The van der Waals surface area contributed by atoms with E-state index in [0.29, 0.717) is 5.41 Å². The summed E-state index contributed by atoms with van der Waals surface area (Å²) in [4.78, 5) is 0. The number of nitrogens with two attached hydrogens (primary N) is 1. The average Bonchev–Trinajstić information content (AvgIpc) is 2.16. The molecule has 0 aliphatic carbocycles. The summed E-state index contributed by atoms with van der Waals surface area (Å²) >= 11 is 0. The average molecular weight is 129 g/mol. The highest BCUT2D eigenvalue weighted by atomic mass is 16.5. The van der Waals surface area contributed by atoms with Crippen molar-refractivity contribution in [2.45, 2.75) is 19.8 Å². The lowest BCUT2D eigenvalue weighted by molar-refractivity contribution is 0.156. The smallest absolute Gasteiger partial charge is 0.0521 e. The van der Waals surface area contributed by atoms with Crippen LogP contribution >= 0.6 is 0 Å². The van der Waals surface area contributed by atoms with Gasteiger partial charge in [-0.15, -0.1) is 0 Å². The van der Waals surface area contributed by atoms with Gasteiger partial charge in [-0.25, -0.2) is 0 Å². The Balaban J connectivity index is 2.32. The van der Waals surface area contributed by atoms with Gasteiger partial charge in [0.25, 0.3) is 0 Å². The van der Waals surface area contributed by atoms with Crippen LogP contribution < -0.4 is 5.73 Å². The van der Waals surface area contributed by atoms with Crippen LogP contribution in [0.4, 0.5) is 0 Å². The molecule has 0 aromatic rings. The quantitative estimate of drug-likeness (QED) is 0.597. The van der Waals surface area contributed by atoms with Crippen molar-refractivity contribution in [2.75, 3.05) is 19.8 Å². The Morgan fingerprint density at radius 1 is 1.67 bits per heavy atom. The van der Waals surface area contributed by atoms with Gasteiger partial charge in [0.05, 0.1) is 6.61 Å². The molecule has 0 aromatic carbocycles. The lowest BCUT2D eigenvalue weighted by atomic mass is 9.86. The van der Waals surface area contributed by atoms with E-state index in [1.54, 1.807) is 0 Å². The zero-order chi connectivity index (χ0) is 6.74. The Labute approximate surface area is 56.4 Å². The van der Waals surface area contributed by atoms with Gasteiger partial charge >= 0.3 is 0 Å². The maximum Gasteiger partial charge on any atom is 0.0521 e. The van der Waals surface area contributed by atoms with E-state index in [2.05, 4.69) is 6.92 Å². The number of ether oxygens (including phenoxy) is 1. The summed E-state index contributed by atoms with van der Waals surface area (Å²) in [5, 5.41) is 0. The molecule has 2 N–H and O–H groups in total. The molecular weight excluding hydrogens is 114 g/mol. The Hall–Kier alpha value is -0.0800. The normalized spacial score (nSPS) is 35.3. The minimum atomic E-state index is 0.398. The Kier molecular flexibility index (Phi) is 2.09. The molecule has 1 aliphatic rings. The molecule has 1 unspecified atom stereocenters. The van der Waals surface area contributed by atoms with Gasteiger partial charge in [0.15, 0.2) is 0 Å². The molecule has 0 amide bonds. The van der Waals surface area contributed by atoms with Crippen LogP contribution in [-0.2, 0) is 4.74 Å². The molecule has 0 aromatic heterocycles. The van der Waals surface area contributed by atoms with E-state index in [4.69, 9.17) is 10.5 Å². The van der Waals surface area contributed by atoms with Crippen molar-refractivity contribution in [3.05, 3.63) is 0 Å². The number of rotatable bonds is 2. The lowest BCUT2D eigenvalue weighted by Crippen LogP contribution is -2.20. The molecule has 0 spiro atoms. The summed E-state index contributed by atoms with van der Waals surface area (Å²) in [5.41, 5.74) is 5.84. The summed E-state index contributed by atoms with van der Waals surface area (Å²) in [6.07, 6.45) is 2.29. The molecule has 1 saturated heterocycles. The number of hydrogen-bond acceptors (Lipinski definition) is 2. The summed E-state index contributed by atoms with van der Waals surface area (Å²) in [7, 11) is 0. The van der Waals surface area contributed by atoms with Crippen LogP contribution in [0.5, 0.6) is 0 Å². The first-order chi connectivity index (χ1) is 4.27. The van der Waals surface area contributed by atoms with Crippen LogP contribution in [0.3, 0.4) is 0 Å². The van der Waals surface area contributed by atoms with Crippen molar-refractivity contribution in [3.8, 4) is 0 Å². The van der Waals surface area contributed by atoms with Gasteiger partial charge < -0.3 is 10.5 Å². The molecule has 2 nitrogen and oxygen atoms in total. The van der Waals surface area contributed by atoms with E-state index in [0.717, 1.165) is 26.2 Å². The molecule has 2 heteroatoms. The fourth-order valence-corrected chi connectivity index (χ4v) is 1.25. The zero-order valence-corrected chi connectivity index (χ0v) is 6.02. The predicted octanol–water partition coefficient (Wildman–Crippen LogP) is 0.762. The Morgan fingerprint density at radius 2 is 2.44 bits per heavy atom. The van der Waals surface area contributed by atoms with Gasteiger partial charge in [-0.1, -0.05) is 6.92 Å². The van der Waals surface area contributed by atoms with Gasteiger partial charge in [0.2, 0.25) is 0 Å². The van der Waals surface area contributed by atoms with E-state index in [1.165, 1.54) is 6.42 Å². The third kappa shape index (κ3) is 1.66. The van der Waals surface area contributed by atoms with E-state index in [1.807, 2.05) is 0 Å². The summed E-state index contributed by atoms with van der Waals surface area (Å²) in [6, 6.07) is 0. The lowest BCUT2D eigenvalue weighted by Gasteiger charge is -2.19. The van der Waals surface area contributed by atoms with Crippen LogP contribution in [0.15, 0.2) is 0 Å². The molecular formula is C7H15NO. The highest BCUT2D eigenvalue weighted by molar-refractivity contribution is 4.78. The molecule has 0 bridgehead atoms. The van der Waals surface area contributed by atoms with Crippen LogP contribution in [-0.4, -0.2) is 19.8 Å². The van der Waals surface area contributed by atoms with Crippen molar-refractivity contribution in [2.24, 2.45) is 11.1 Å². The topological polar surface area (TPSA) is 35.2 Å². The molecule has 0 saturated carbocycles. The van der Waals surface area contributed by atoms with E-state index in [-0.39, 0.29) is 0 Å². The predicted molar refractivity (Wildman–Crippen MR) is 37.2 cm³/mol. The van der Waals surface area contributed by atoms with Crippen LogP contribution in [0.25, 0.3) is 0 Å². The maximum absolute atomic E-state index is 5.44. The Morgan fingerprint density at radius 3 is 2.89 bits per heavy atom. The second-order valence-corrected chi connectivity index (χ2v) is 3.15.